The van der Waals surface area contributed by atoms with Gasteiger partial charge in [-0.15, -0.1) is 0 Å². The SMILES string of the molecule is NC(=O)C1=CC=C[N]C1. The maximum atomic E-state index is 10.4. The van der Waals surface area contributed by atoms with E-state index in [-0.39, 0.29) is 5.91 Å². The Morgan fingerprint density at radius 3 is 2.89 bits per heavy atom. The van der Waals surface area contributed by atoms with Gasteiger partial charge in [0.1, 0.15) is 0 Å². The minimum atomic E-state index is -0.386. The summed E-state index contributed by atoms with van der Waals surface area (Å²) in [7, 11) is 0. The normalized spacial score (nSPS) is 16.2. The predicted molar refractivity (Wildman–Crippen MR) is 33.4 cm³/mol. The number of hydrogen-bond acceptors (Lipinski definition) is 1. The van der Waals surface area contributed by atoms with Gasteiger partial charge in [0.2, 0.25) is 5.91 Å². The lowest BCUT2D eigenvalue weighted by Gasteiger charge is -2.02. The van der Waals surface area contributed by atoms with Crippen molar-refractivity contribution in [1.82, 2.24) is 5.32 Å². The first-order chi connectivity index (χ1) is 4.30. The molecule has 1 aliphatic rings. The zero-order valence-corrected chi connectivity index (χ0v) is 4.87. The fraction of sp³-hybridized carbons (Fsp3) is 0.167. The Kier molecular flexibility index (Phi) is 1.53. The van der Waals surface area contributed by atoms with E-state index >= 15 is 0 Å². The van der Waals surface area contributed by atoms with Gasteiger partial charge in [0.25, 0.3) is 0 Å². The van der Waals surface area contributed by atoms with Gasteiger partial charge in [0.15, 0.2) is 0 Å². The average molecular weight is 123 g/mol. The molecule has 0 saturated carbocycles. The highest BCUT2D eigenvalue weighted by molar-refractivity contribution is 5.92. The van der Waals surface area contributed by atoms with Crippen molar-refractivity contribution in [2.24, 2.45) is 5.73 Å². The van der Waals surface area contributed by atoms with E-state index in [0.29, 0.717) is 12.1 Å². The molecule has 0 aromatic heterocycles. The molecule has 0 unspecified atom stereocenters. The number of hydrogen-bond donors (Lipinski definition) is 1. The lowest BCUT2D eigenvalue weighted by molar-refractivity contribution is -0.114. The van der Waals surface area contributed by atoms with Crippen molar-refractivity contribution < 1.29 is 4.79 Å². The number of rotatable bonds is 1. The summed E-state index contributed by atoms with van der Waals surface area (Å²) >= 11 is 0. The molecule has 1 rings (SSSR count). The number of amides is 1. The zero-order chi connectivity index (χ0) is 6.69. The van der Waals surface area contributed by atoms with Gasteiger partial charge in [-0.2, -0.15) is 0 Å². The van der Waals surface area contributed by atoms with Gasteiger partial charge in [0, 0.05) is 11.8 Å². The molecule has 0 aromatic carbocycles. The van der Waals surface area contributed by atoms with Crippen LogP contribution < -0.4 is 11.1 Å². The lowest BCUT2D eigenvalue weighted by atomic mass is 10.2. The third-order valence-electron chi connectivity index (χ3n) is 1.07. The minimum Gasteiger partial charge on any atom is -0.366 e. The van der Waals surface area contributed by atoms with Crippen LogP contribution >= 0.6 is 0 Å². The molecule has 0 saturated heterocycles. The van der Waals surface area contributed by atoms with Crippen molar-refractivity contribution in [3.8, 4) is 0 Å². The number of allylic oxidation sites excluding steroid dienone is 2. The Hall–Kier alpha value is -1.25. The molecule has 9 heavy (non-hydrogen) atoms. The summed E-state index contributed by atoms with van der Waals surface area (Å²) in [4.78, 5) is 10.4. The highest BCUT2D eigenvalue weighted by atomic mass is 16.1. The quantitative estimate of drug-likeness (QED) is 0.503. The second-order valence-electron chi connectivity index (χ2n) is 1.74. The van der Waals surface area contributed by atoms with Crippen LogP contribution in [0.1, 0.15) is 0 Å². The Labute approximate surface area is 53.2 Å². The first kappa shape index (κ1) is 5.88. The topological polar surface area (TPSA) is 57.2 Å². The summed E-state index contributed by atoms with van der Waals surface area (Å²) in [5, 5.41) is 3.83. The van der Waals surface area contributed by atoms with Crippen LogP contribution in [0.5, 0.6) is 0 Å². The molecule has 0 fully saturated rings. The third kappa shape index (κ3) is 1.32. The fourth-order valence-corrected chi connectivity index (χ4v) is 0.584. The van der Waals surface area contributed by atoms with Gasteiger partial charge < -0.3 is 5.73 Å². The van der Waals surface area contributed by atoms with Crippen molar-refractivity contribution in [3.05, 3.63) is 23.9 Å². The first-order valence-electron chi connectivity index (χ1n) is 2.63. The van der Waals surface area contributed by atoms with Crippen molar-refractivity contribution in [1.29, 1.82) is 0 Å². The molecule has 1 amide bonds. The average Bonchev–Trinajstić information content (AvgIpc) is 1.90. The molecule has 3 heteroatoms. The Morgan fingerprint density at radius 2 is 2.56 bits per heavy atom. The maximum Gasteiger partial charge on any atom is 0.246 e. The molecular weight excluding hydrogens is 116 g/mol. The Morgan fingerprint density at radius 1 is 1.78 bits per heavy atom. The van der Waals surface area contributed by atoms with Crippen molar-refractivity contribution in [2.75, 3.05) is 6.54 Å². The van der Waals surface area contributed by atoms with Gasteiger partial charge in [-0.1, -0.05) is 6.08 Å². The van der Waals surface area contributed by atoms with Crippen LogP contribution in [-0.4, -0.2) is 12.5 Å². The highest BCUT2D eigenvalue weighted by Gasteiger charge is 2.04. The van der Waals surface area contributed by atoms with Gasteiger partial charge in [-0.25, -0.2) is 0 Å². The summed E-state index contributed by atoms with van der Waals surface area (Å²) in [5.41, 5.74) is 5.53. The van der Waals surface area contributed by atoms with Crippen LogP contribution in [0.2, 0.25) is 0 Å². The van der Waals surface area contributed by atoms with Crippen LogP contribution in [0.15, 0.2) is 23.9 Å². The van der Waals surface area contributed by atoms with Crippen LogP contribution in [0, 0.1) is 0 Å². The van der Waals surface area contributed by atoms with Crippen molar-refractivity contribution >= 4 is 5.91 Å². The molecule has 2 N–H and O–H groups in total. The fourth-order valence-electron chi connectivity index (χ4n) is 0.584. The molecule has 0 spiro atoms. The highest BCUT2D eigenvalue weighted by Crippen LogP contribution is 1.96. The molecule has 0 bridgehead atoms. The molecular formula is C6H7N2O. The molecule has 47 valence electrons. The number of primary amides is 1. The molecule has 1 radical (unpaired) electrons. The van der Waals surface area contributed by atoms with Crippen LogP contribution in [-0.2, 0) is 4.79 Å². The number of carbonyl (C=O) groups excluding carboxylic acids is 1. The molecule has 1 aliphatic heterocycles. The maximum absolute atomic E-state index is 10.4. The minimum absolute atomic E-state index is 0.386. The first-order valence-corrected chi connectivity index (χ1v) is 2.63. The number of carbonyl (C=O) groups is 1. The largest absolute Gasteiger partial charge is 0.366 e. The van der Waals surface area contributed by atoms with Crippen LogP contribution in [0.3, 0.4) is 0 Å². The van der Waals surface area contributed by atoms with Crippen molar-refractivity contribution in [3.63, 3.8) is 0 Å². The van der Waals surface area contributed by atoms with E-state index in [1.807, 2.05) is 0 Å². The molecule has 3 nitrogen and oxygen atoms in total. The number of nitrogens with two attached hydrogens (primary N) is 1. The van der Waals surface area contributed by atoms with E-state index in [1.165, 1.54) is 0 Å². The summed E-state index contributed by atoms with van der Waals surface area (Å²) in [6.07, 6.45) is 5.02. The lowest BCUT2D eigenvalue weighted by Crippen LogP contribution is -2.20. The Bertz CT molecular complexity index is 181. The van der Waals surface area contributed by atoms with Gasteiger partial charge in [-0.3, -0.25) is 10.1 Å². The van der Waals surface area contributed by atoms with E-state index in [9.17, 15) is 4.79 Å². The summed E-state index contributed by atoms with van der Waals surface area (Å²) in [6.45, 7) is 0.422. The van der Waals surface area contributed by atoms with Gasteiger partial charge >= 0.3 is 0 Å². The standard InChI is InChI=1S/C6H7N2O/c7-6(9)5-2-1-3-8-4-5/h1-3H,4H2,(H2,7,9). The van der Waals surface area contributed by atoms with Gasteiger partial charge in [-0.05, 0) is 6.08 Å². The number of nitrogens with zero attached hydrogens (tertiary/aromatic N) is 1. The van der Waals surface area contributed by atoms with Crippen LogP contribution in [0.4, 0.5) is 0 Å². The van der Waals surface area contributed by atoms with E-state index in [2.05, 4.69) is 5.32 Å². The third-order valence-corrected chi connectivity index (χ3v) is 1.07. The monoisotopic (exact) mass is 123 g/mol. The van der Waals surface area contributed by atoms with Crippen LogP contribution in [0.25, 0.3) is 0 Å². The van der Waals surface area contributed by atoms with E-state index in [4.69, 9.17) is 5.73 Å². The van der Waals surface area contributed by atoms with E-state index in [0.717, 1.165) is 0 Å². The second-order valence-corrected chi connectivity index (χ2v) is 1.74. The molecule has 1 heterocycles. The second kappa shape index (κ2) is 2.35. The summed E-state index contributed by atoms with van der Waals surface area (Å²) < 4.78 is 0. The molecule has 0 atom stereocenters. The predicted octanol–water partition coefficient (Wildman–Crippen LogP) is -0.470. The molecule has 0 aromatic rings. The van der Waals surface area contributed by atoms with E-state index in [1.54, 1.807) is 18.4 Å². The van der Waals surface area contributed by atoms with E-state index < -0.39 is 0 Å². The Balaban J connectivity index is 2.68. The summed E-state index contributed by atoms with van der Waals surface area (Å²) in [6, 6.07) is 0. The zero-order valence-electron chi connectivity index (χ0n) is 4.87. The molecule has 0 aliphatic carbocycles. The van der Waals surface area contributed by atoms with Gasteiger partial charge in [0.05, 0.1) is 6.54 Å². The smallest absolute Gasteiger partial charge is 0.246 e. The van der Waals surface area contributed by atoms with Crippen molar-refractivity contribution in [2.45, 2.75) is 0 Å². The summed E-state index contributed by atoms with van der Waals surface area (Å²) in [5.74, 6) is -0.386.